The molecule has 0 aliphatic heterocycles. The summed E-state index contributed by atoms with van der Waals surface area (Å²) < 4.78 is 0. The van der Waals surface area contributed by atoms with Crippen LogP contribution in [0.15, 0.2) is 30.3 Å². The molecule has 3 N–H and O–H groups in total. The van der Waals surface area contributed by atoms with Gasteiger partial charge in [0.05, 0.1) is 6.54 Å². The van der Waals surface area contributed by atoms with Crippen LogP contribution in [0.25, 0.3) is 0 Å². The van der Waals surface area contributed by atoms with E-state index < -0.39 is 0 Å². The van der Waals surface area contributed by atoms with Gasteiger partial charge in [-0.25, -0.2) is 0 Å². The number of aliphatic hydroxyl groups excluding tert-OH is 1. The van der Waals surface area contributed by atoms with E-state index in [0.717, 1.165) is 17.9 Å². The van der Waals surface area contributed by atoms with E-state index in [2.05, 4.69) is 10.6 Å². The van der Waals surface area contributed by atoms with E-state index >= 15 is 0 Å². The van der Waals surface area contributed by atoms with Gasteiger partial charge in [0, 0.05) is 24.5 Å². The maximum Gasteiger partial charge on any atom is 0.251 e. The van der Waals surface area contributed by atoms with E-state index in [4.69, 9.17) is 5.11 Å². The van der Waals surface area contributed by atoms with Crippen LogP contribution in [0.3, 0.4) is 0 Å². The second-order valence-corrected chi connectivity index (χ2v) is 5.31. The molecule has 0 bridgehead atoms. The first kappa shape index (κ1) is 16.5. The first-order valence-corrected chi connectivity index (χ1v) is 7.68. The Kier molecular flexibility index (Phi) is 8.49. The molecule has 0 fully saturated rings. The highest BCUT2D eigenvalue weighted by molar-refractivity contribution is 7.99. The third-order valence-corrected chi connectivity index (χ3v) is 3.53. The van der Waals surface area contributed by atoms with Crippen molar-refractivity contribution in [1.82, 2.24) is 10.6 Å². The van der Waals surface area contributed by atoms with Gasteiger partial charge in [-0.2, -0.15) is 11.8 Å². The highest BCUT2D eigenvalue weighted by Gasteiger charge is 2.06. The SMILES string of the molecule is O=C(CNC(=O)c1ccccc1)NCCSCCCO. The molecule has 0 unspecified atom stereocenters. The predicted octanol–water partition coefficient (Wildman–Crippen LogP) is 0.648. The van der Waals surface area contributed by atoms with Gasteiger partial charge in [-0.1, -0.05) is 18.2 Å². The molecule has 0 saturated heterocycles. The molecule has 0 heterocycles. The number of aliphatic hydroxyl groups is 1. The Balaban J connectivity index is 2.09. The van der Waals surface area contributed by atoms with E-state index in [1.807, 2.05) is 6.07 Å². The molecule has 0 saturated carbocycles. The molecule has 1 aromatic rings. The van der Waals surface area contributed by atoms with Gasteiger partial charge in [-0.3, -0.25) is 9.59 Å². The lowest BCUT2D eigenvalue weighted by atomic mass is 10.2. The Hall–Kier alpha value is -1.53. The van der Waals surface area contributed by atoms with Crippen molar-refractivity contribution in [1.29, 1.82) is 0 Å². The standard InChI is InChI=1S/C14H20N2O3S/c17-8-4-9-20-10-7-15-13(18)11-16-14(19)12-5-2-1-3-6-12/h1-3,5-6,17H,4,7-11H2,(H,15,18)(H,16,19). The zero-order valence-corrected chi connectivity index (χ0v) is 12.1. The number of benzene rings is 1. The van der Waals surface area contributed by atoms with Crippen LogP contribution in [0.5, 0.6) is 0 Å². The molecule has 1 rings (SSSR count). The van der Waals surface area contributed by atoms with Crippen LogP contribution in [0, 0.1) is 0 Å². The van der Waals surface area contributed by atoms with Crippen LogP contribution in [0.4, 0.5) is 0 Å². The molecule has 6 heteroatoms. The maximum atomic E-state index is 11.7. The lowest BCUT2D eigenvalue weighted by Gasteiger charge is -2.06. The average molecular weight is 296 g/mol. The molecule has 0 atom stereocenters. The van der Waals surface area contributed by atoms with Gasteiger partial charge in [-0.15, -0.1) is 0 Å². The summed E-state index contributed by atoms with van der Waals surface area (Å²) in [5.41, 5.74) is 0.542. The summed E-state index contributed by atoms with van der Waals surface area (Å²) in [5, 5.41) is 13.9. The quantitative estimate of drug-likeness (QED) is 0.585. The van der Waals surface area contributed by atoms with Gasteiger partial charge in [-0.05, 0) is 24.3 Å². The van der Waals surface area contributed by atoms with E-state index in [-0.39, 0.29) is 25.0 Å². The molecule has 20 heavy (non-hydrogen) atoms. The Morgan fingerprint density at radius 1 is 1.10 bits per heavy atom. The summed E-state index contributed by atoms with van der Waals surface area (Å²) in [6.07, 6.45) is 0.770. The molecule has 0 aromatic heterocycles. The molecule has 5 nitrogen and oxygen atoms in total. The van der Waals surface area contributed by atoms with Crippen molar-refractivity contribution in [2.24, 2.45) is 0 Å². The number of rotatable bonds is 9. The fraction of sp³-hybridized carbons (Fsp3) is 0.429. The summed E-state index contributed by atoms with van der Waals surface area (Å²) in [6.45, 7) is 0.746. The third-order valence-electron chi connectivity index (χ3n) is 2.46. The average Bonchev–Trinajstić information content (AvgIpc) is 2.49. The molecular formula is C14H20N2O3S. The lowest BCUT2D eigenvalue weighted by Crippen LogP contribution is -2.37. The summed E-state index contributed by atoms with van der Waals surface area (Å²) in [6, 6.07) is 8.78. The number of hydrogen-bond donors (Lipinski definition) is 3. The van der Waals surface area contributed by atoms with Crippen molar-refractivity contribution in [3.8, 4) is 0 Å². The summed E-state index contributed by atoms with van der Waals surface area (Å²) in [4.78, 5) is 23.2. The molecule has 1 aromatic carbocycles. The van der Waals surface area contributed by atoms with Gasteiger partial charge < -0.3 is 15.7 Å². The minimum absolute atomic E-state index is 0.0188. The van der Waals surface area contributed by atoms with Gasteiger partial charge in [0.2, 0.25) is 5.91 Å². The van der Waals surface area contributed by atoms with Gasteiger partial charge in [0.15, 0.2) is 0 Å². The predicted molar refractivity (Wildman–Crippen MR) is 80.8 cm³/mol. The van der Waals surface area contributed by atoms with Crippen molar-refractivity contribution in [3.63, 3.8) is 0 Å². The first-order chi connectivity index (χ1) is 9.74. The van der Waals surface area contributed by atoms with Crippen LogP contribution in [-0.4, -0.2) is 48.1 Å². The molecule has 2 amide bonds. The zero-order chi connectivity index (χ0) is 14.6. The van der Waals surface area contributed by atoms with Gasteiger partial charge in [0.1, 0.15) is 0 Å². The molecule has 110 valence electrons. The number of hydrogen-bond acceptors (Lipinski definition) is 4. The van der Waals surface area contributed by atoms with Crippen LogP contribution < -0.4 is 10.6 Å². The lowest BCUT2D eigenvalue weighted by molar-refractivity contribution is -0.120. The largest absolute Gasteiger partial charge is 0.396 e. The van der Waals surface area contributed by atoms with Crippen LogP contribution in [0.1, 0.15) is 16.8 Å². The van der Waals surface area contributed by atoms with Crippen LogP contribution >= 0.6 is 11.8 Å². The number of amides is 2. The minimum atomic E-state index is -0.252. The van der Waals surface area contributed by atoms with Crippen LogP contribution in [-0.2, 0) is 4.79 Å². The highest BCUT2D eigenvalue weighted by atomic mass is 32.2. The highest BCUT2D eigenvalue weighted by Crippen LogP contribution is 2.00. The minimum Gasteiger partial charge on any atom is -0.396 e. The van der Waals surface area contributed by atoms with Crippen molar-refractivity contribution in [2.45, 2.75) is 6.42 Å². The summed E-state index contributed by atoms with van der Waals surface area (Å²) >= 11 is 1.68. The smallest absolute Gasteiger partial charge is 0.251 e. The molecule has 0 radical (unpaired) electrons. The summed E-state index contributed by atoms with van der Waals surface area (Å²) in [5.74, 6) is 1.24. The Labute approximate surface area is 123 Å². The second kappa shape index (κ2) is 10.3. The topological polar surface area (TPSA) is 78.4 Å². The second-order valence-electron chi connectivity index (χ2n) is 4.09. The van der Waals surface area contributed by atoms with Crippen molar-refractivity contribution in [3.05, 3.63) is 35.9 Å². The van der Waals surface area contributed by atoms with Crippen molar-refractivity contribution < 1.29 is 14.7 Å². The number of nitrogens with one attached hydrogen (secondary N) is 2. The molecule has 0 aliphatic rings. The van der Waals surface area contributed by atoms with Crippen LogP contribution in [0.2, 0.25) is 0 Å². The molecule has 0 aliphatic carbocycles. The third kappa shape index (κ3) is 7.16. The van der Waals surface area contributed by atoms with Crippen molar-refractivity contribution >= 4 is 23.6 Å². The first-order valence-electron chi connectivity index (χ1n) is 6.52. The molecule has 0 spiro atoms. The Bertz CT molecular complexity index is 412. The monoisotopic (exact) mass is 296 g/mol. The normalized spacial score (nSPS) is 10.1. The molecular weight excluding hydrogens is 276 g/mol. The van der Waals surface area contributed by atoms with Gasteiger partial charge in [0.25, 0.3) is 5.91 Å². The van der Waals surface area contributed by atoms with Crippen molar-refractivity contribution in [2.75, 3.05) is 31.2 Å². The van der Waals surface area contributed by atoms with E-state index in [0.29, 0.717) is 12.1 Å². The summed E-state index contributed by atoms with van der Waals surface area (Å²) in [7, 11) is 0. The fourth-order valence-corrected chi connectivity index (χ4v) is 2.23. The Morgan fingerprint density at radius 2 is 1.85 bits per heavy atom. The maximum absolute atomic E-state index is 11.7. The van der Waals surface area contributed by atoms with E-state index in [1.54, 1.807) is 36.0 Å². The van der Waals surface area contributed by atoms with E-state index in [1.165, 1.54) is 0 Å². The number of thioether (sulfide) groups is 1. The Morgan fingerprint density at radius 3 is 2.55 bits per heavy atom. The number of carbonyl (C=O) groups excluding carboxylic acids is 2. The van der Waals surface area contributed by atoms with E-state index in [9.17, 15) is 9.59 Å². The zero-order valence-electron chi connectivity index (χ0n) is 11.3. The van der Waals surface area contributed by atoms with Gasteiger partial charge >= 0.3 is 0 Å². The number of carbonyl (C=O) groups is 2. The fourth-order valence-electron chi connectivity index (χ4n) is 1.45.